The number of hydrogen-bond donors (Lipinski definition) is 2. The molecule has 2 amide bonds. The average Bonchev–Trinajstić information content (AvgIpc) is 2.49. The van der Waals surface area contributed by atoms with Crippen molar-refractivity contribution < 1.29 is 23.9 Å². The van der Waals surface area contributed by atoms with Gasteiger partial charge in [0.1, 0.15) is 18.2 Å². The fraction of sp³-hybridized carbons (Fsp3) is 0.824. The van der Waals surface area contributed by atoms with E-state index in [1.165, 1.54) is 6.42 Å². The van der Waals surface area contributed by atoms with Crippen LogP contribution in [0, 0.1) is 5.92 Å². The molecule has 1 fully saturated rings. The predicted molar refractivity (Wildman–Crippen MR) is 89.4 cm³/mol. The van der Waals surface area contributed by atoms with Gasteiger partial charge in [-0.15, -0.1) is 0 Å². The number of carbonyl (C=O) groups is 3. The van der Waals surface area contributed by atoms with Crippen molar-refractivity contribution in [3.05, 3.63) is 0 Å². The molecule has 1 aliphatic rings. The van der Waals surface area contributed by atoms with Crippen molar-refractivity contribution in [3.8, 4) is 0 Å². The van der Waals surface area contributed by atoms with Gasteiger partial charge in [-0.1, -0.05) is 19.3 Å². The van der Waals surface area contributed by atoms with Gasteiger partial charge in [0.15, 0.2) is 0 Å². The first kappa shape index (κ1) is 20.3. The summed E-state index contributed by atoms with van der Waals surface area (Å²) >= 11 is 0. The zero-order valence-corrected chi connectivity index (χ0v) is 15.1. The molecule has 0 aromatic rings. The Morgan fingerprint density at radius 2 is 1.75 bits per heavy atom. The van der Waals surface area contributed by atoms with E-state index in [9.17, 15) is 14.4 Å². The monoisotopic (exact) mass is 342 g/mol. The summed E-state index contributed by atoms with van der Waals surface area (Å²) in [6.07, 6.45) is 4.47. The lowest BCUT2D eigenvalue weighted by Gasteiger charge is -2.22. The topological polar surface area (TPSA) is 93.7 Å². The Kier molecular flexibility index (Phi) is 8.01. The molecule has 24 heavy (non-hydrogen) atoms. The lowest BCUT2D eigenvalue weighted by atomic mass is 9.89. The molecule has 0 aliphatic heterocycles. The van der Waals surface area contributed by atoms with Gasteiger partial charge in [-0.3, -0.25) is 9.59 Å². The summed E-state index contributed by atoms with van der Waals surface area (Å²) in [5, 5.41) is 5.08. The van der Waals surface area contributed by atoms with Crippen LogP contribution < -0.4 is 10.6 Å². The number of esters is 1. The number of alkyl carbamates (subject to hydrolysis) is 1. The van der Waals surface area contributed by atoms with E-state index in [1.54, 1.807) is 27.7 Å². The number of nitrogens with one attached hydrogen (secondary N) is 2. The van der Waals surface area contributed by atoms with Crippen molar-refractivity contribution in [2.45, 2.75) is 71.4 Å². The van der Waals surface area contributed by atoms with Gasteiger partial charge in [-0.25, -0.2) is 4.79 Å². The highest BCUT2D eigenvalue weighted by molar-refractivity contribution is 5.85. The predicted octanol–water partition coefficient (Wildman–Crippen LogP) is 2.14. The van der Waals surface area contributed by atoms with Gasteiger partial charge in [0.2, 0.25) is 5.91 Å². The summed E-state index contributed by atoms with van der Waals surface area (Å²) in [5.74, 6) is -0.527. The van der Waals surface area contributed by atoms with Crippen LogP contribution in [0.25, 0.3) is 0 Å². The SMILES string of the molecule is C[C@H](NC(=O)OC(C)(C)C)C(=O)NCCOC(=O)C1CCCCC1. The van der Waals surface area contributed by atoms with E-state index in [0.717, 1.165) is 25.7 Å². The second kappa shape index (κ2) is 9.49. The molecule has 1 rings (SSSR count). The maximum Gasteiger partial charge on any atom is 0.408 e. The van der Waals surface area contributed by atoms with Gasteiger partial charge in [0.25, 0.3) is 0 Å². The van der Waals surface area contributed by atoms with Gasteiger partial charge in [0, 0.05) is 0 Å². The molecule has 0 saturated heterocycles. The van der Waals surface area contributed by atoms with E-state index in [4.69, 9.17) is 9.47 Å². The summed E-state index contributed by atoms with van der Waals surface area (Å²) in [4.78, 5) is 35.3. The van der Waals surface area contributed by atoms with Crippen LogP contribution in [0.5, 0.6) is 0 Å². The Morgan fingerprint density at radius 3 is 2.33 bits per heavy atom. The molecule has 0 aromatic heterocycles. The first-order chi connectivity index (χ1) is 11.2. The Morgan fingerprint density at radius 1 is 1.12 bits per heavy atom. The molecule has 1 aliphatic carbocycles. The van der Waals surface area contributed by atoms with Gasteiger partial charge < -0.3 is 20.1 Å². The van der Waals surface area contributed by atoms with Crippen LogP contribution in [0.15, 0.2) is 0 Å². The molecule has 7 nitrogen and oxygen atoms in total. The fourth-order valence-corrected chi connectivity index (χ4v) is 2.48. The highest BCUT2D eigenvalue weighted by Crippen LogP contribution is 2.24. The van der Waals surface area contributed by atoms with Crippen LogP contribution in [0.3, 0.4) is 0 Å². The fourth-order valence-electron chi connectivity index (χ4n) is 2.48. The van der Waals surface area contributed by atoms with Crippen molar-refractivity contribution >= 4 is 18.0 Å². The summed E-state index contributed by atoms with van der Waals surface area (Å²) in [5.41, 5.74) is -0.617. The van der Waals surface area contributed by atoms with Crippen LogP contribution in [-0.2, 0) is 19.1 Å². The zero-order chi connectivity index (χ0) is 18.2. The first-order valence-electron chi connectivity index (χ1n) is 8.63. The van der Waals surface area contributed by atoms with Crippen LogP contribution in [0.2, 0.25) is 0 Å². The Labute approximate surface area is 143 Å². The van der Waals surface area contributed by atoms with E-state index in [2.05, 4.69) is 10.6 Å². The molecule has 1 saturated carbocycles. The van der Waals surface area contributed by atoms with Crippen LogP contribution in [-0.4, -0.2) is 42.8 Å². The molecule has 0 aromatic carbocycles. The summed E-state index contributed by atoms with van der Waals surface area (Å²) in [6, 6.07) is -0.728. The smallest absolute Gasteiger partial charge is 0.408 e. The molecule has 7 heteroatoms. The third-order valence-electron chi connectivity index (χ3n) is 3.71. The highest BCUT2D eigenvalue weighted by Gasteiger charge is 2.23. The third kappa shape index (κ3) is 8.17. The molecule has 2 N–H and O–H groups in total. The minimum absolute atomic E-state index is 0.00205. The Bertz CT molecular complexity index is 439. The standard InChI is InChI=1S/C17H30N2O5/c1-12(19-16(22)24-17(2,3)4)14(20)18-10-11-23-15(21)13-8-6-5-7-9-13/h12-13H,5-11H2,1-4H3,(H,18,20)(H,19,22)/t12-/m0/s1. The first-order valence-corrected chi connectivity index (χ1v) is 8.63. The normalized spacial score (nSPS) is 16.8. The van der Waals surface area contributed by atoms with Crippen LogP contribution >= 0.6 is 0 Å². The highest BCUT2D eigenvalue weighted by atomic mass is 16.6. The zero-order valence-electron chi connectivity index (χ0n) is 15.1. The summed E-state index contributed by atoms with van der Waals surface area (Å²) < 4.78 is 10.3. The van der Waals surface area contributed by atoms with Crippen molar-refractivity contribution in [2.24, 2.45) is 5.92 Å². The lowest BCUT2D eigenvalue weighted by Crippen LogP contribution is -2.47. The van der Waals surface area contributed by atoms with E-state index in [1.807, 2.05) is 0 Å². The molecular weight excluding hydrogens is 312 g/mol. The molecule has 0 radical (unpaired) electrons. The van der Waals surface area contributed by atoms with E-state index >= 15 is 0 Å². The van der Waals surface area contributed by atoms with Crippen molar-refractivity contribution in [3.63, 3.8) is 0 Å². The van der Waals surface area contributed by atoms with E-state index in [0.29, 0.717) is 0 Å². The van der Waals surface area contributed by atoms with Gasteiger partial charge in [0.05, 0.1) is 12.5 Å². The number of hydrogen-bond acceptors (Lipinski definition) is 5. The maximum atomic E-state index is 11.9. The minimum atomic E-state index is -0.728. The molecule has 0 bridgehead atoms. The third-order valence-corrected chi connectivity index (χ3v) is 3.71. The van der Waals surface area contributed by atoms with Gasteiger partial charge >= 0.3 is 12.1 Å². The van der Waals surface area contributed by atoms with Crippen LogP contribution in [0.4, 0.5) is 4.79 Å². The van der Waals surface area contributed by atoms with E-state index < -0.39 is 17.7 Å². The summed E-state index contributed by atoms with van der Waals surface area (Å²) in [6.45, 7) is 7.17. The quantitative estimate of drug-likeness (QED) is 0.570. The largest absolute Gasteiger partial charge is 0.464 e. The van der Waals surface area contributed by atoms with Crippen molar-refractivity contribution in [1.82, 2.24) is 10.6 Å². The molecule has 0 heterocycles. The summed E-state index contributed by atoms with van der Waals surface area (Å²) in [7, 11) is 0. The Hall–Kier alpha value is -1.79. The second-order valence-corrected chi connectivity index (χ2v) is 7.16. The molecule has 0 unspecified atom stereocenters. The second-order valence-electron chi connectivity index (χ2n) is 7.16. The number of ether oxygens (including phenoxy) is 2. The van der Waals surface area contributed by atoms with Gasteiger partial charge in [-0.2, -0.15) is 0 Å². The molecular formula is C17H30N2O5. The number of rotatable bonds is 6. The number of amides is 2. The minimum Gasteiger partial charge on any atom is -0.464 e. The van der Waals surface area contributed by atoms with Gasteiger partial charge in [-0.05, 0) is 40.5 Å². The van der Waals surface area contributed by atoms with Crippen LogP contribution in [0.1, 0.15) is 59.8 Å². The maximum absolute atomic E-state index is 11.9. The molecule has 138 valence electrons. The van der Waals surface area contributed by atoms with E-state index in [-0.39, 0.29) is 30.9 Å². The van der Waals surface area contributed by atoms with Crippen molar-refractivity contribution in [2.75, 3.05) is 13.2 Å². The molecule has 0 spiro atoms. The number of carbonyl (C=O) groups excluding carboxylic acids is 3. The average molecular weight is 342 g/mol. The Balaban J connectivity index is 2.18. The lowest BCUT2D eigenvalue weighted by molar-refractivity contribution is -0.149. The molecule has 1 atom stereocenters. The van der Waals surface area contributed by atoms with Crippen molar-refractivity contribution in [1.29, 1.82) is 0 Å².